The molecule has 40 heavy (non-hydrogen) atoms. The minimum Gasteiger partial charge on any atom is -0.461 e. The van der Waals surface area contributed by atoms with Gasteiger partial charge in [-0.25, -0.2) is 4.79 Å². The summed E-state index contributed by atoms with van der Waals surface area (Å²) in [5.74, 6) is -1.62. The Balaban J connectivity index is 1.49. The molecule has 0 radical (unpaired) electrons. The average Bonchev–Trinajstić information content (AvgIpc) is 3.25. The lowest BCUT2D eigenvalue weighted by molar-refractivity contribution is -0.157. The van der Waals surface area contributed by atoms with E-state index < -0.39 is 29.5 Å². The van der Waals surface area contributed by atoms with Gasteiger partial charge in [-0.05, 0) is 69.0 Å². The fraction of sp³-hybridized carbons (Fsp3) is 0.281. The number of fused-ring (bicyclic) bond motifs is 1. The third-order valence-electron chi connectivity index (χ3n) is 6.20. The van der Waals surface area contributed by atoms with Crippen molar-refractivity contribution < 1.29 is 28.3 Å². The Kier molecular flexibility index (Phi) is 8.95. The Morgan fingerprint density at radius 2 is 1.62 bits per heavy atom. The summed E-state index contributed by atoms with van der Waals surface area (Å²) >= 11 is 6.01. The molecule has 0 unspecified atom stereocenters. The van der Waals surface area contributed by atoms with Crippen LogP contribution >= 0.6 is 11.6 Å². The van der Waals surface area contributed by atoms with Crippen molar-refractivity contribution in [2.24, 2.45) is 0 Å². The number of carbonyl (C=O) groups excluding carboxylic acids is 3. The number of ether oxygens (including phenoxy) is 2. The Bertz CT molecular complexity index is 1500. The van der Waals surface area contributed by atoms with E-state index in [0.29, 0.717) is 16.2 Å². The van der Waals surface area contributed by atoms with Crippen molar-refractivity contribution in [2.75, 3.05) is 0 Å². The van der Waals surface area contributed by atoms with E-state index in [1.54, 1.807) is 27.7 Å². The minimum absolute atomic E-state index is 0.00820. The molecule has 1 atom stereocenters. The molecular formula is C32H32ClNO6. The largest absolute Gasteiger partial charge is 0.461 e. The van der Waals surface area contributed by atoms with Crippen molar-refractivity contribution in [2.45, 2.75) is 58.8 Å². The smallest absolute Gasteiger partial charge is 0.329 e. The van der Waals surface area contributed by atoms with Crippen LogP contribution in [-0.2, 0) is 25.7 Å². The first kappa shape index (κ1) is 28.9. The van der Waals surface area contributed by atoms with Gasteiger partial charge in [-0.1, -0.05) is 66.2 Å². The lowest BCUT2D eigenvalue weighted by Crippen LogP contribution is -2.44. The number of nitrogens with one attached hydrogen (secondary N) is 1. The summed E-state index contributed by atoms with van der Waals surface area (Å²) < 4.78 is 16.8. The first-order valence-electron chi connectivity index (χ1n) is 13.0. The number of carbonyl (C=O) groups is 3. The van der Waals surface area contributed by atoms with Crippen LogP contribution in [0.4, 0.5) is 0 Å². The van der Waals surface area contributed by atoms with Crippen molar-refractivity contribution in [1.82, 2.24) is 5.32 Å². The molecule has 0 aliphatic carbocycles. The third-order valence-corrected chi connectivity index (χ3v) is 6.45. The topological polar surface area (TPSA) is 94.8 Å². The molecule has 1 N–H and O–H groups in total. The number of benzene rings is 3. The highest BCUT2D eigenvalue weighted by molar-refractivity contribution is 6.30. The quantitative estimate of drug-likeness (QED) is 0.220. The van der Waals surface area contributed by atoms with Crippen LogP contribution in [0.15, 0.2) is 77.2 Å². The Morgan fingerprint density at radius 1 is 0.950 bits per heavy atom. The number of hydrogen-bond donors (Lipinski definition) is 1. The van der Waals surface area contributed by atoms with Crippen molar-refractivity contribution in [3.05, 3.63) is 94.7 Å². The molecule has 8 heteroatoms. The van der Waals surface area contributed by atoms with Crippen LogP contribution in [0.3, 0.4) is 0 Å². The van der Waals surface area contributed by atoms with Crippen molar-refractivity contribution in [1.29, 1.82) is 0 Å². The van der Waals surface area contributed by atoms with Crippen LogP contribution in [0.25, 0.3) is 22.1 Å². The fourth-order valence-electron chi connectivity index (χ4n) is 4.18. The van der Waals surface area contributed by atoms with E-state index in [9.17, 15) is 14.4 Å². The molecule has 4 rings (SSSR count). The van der Waals surface area contributed by atoms with Crippen molar-refractivity contribution >= 4 is 40.4 Å². The molecule has 1 amide bonds. The van der Waals surface area contributed by atoms with Crippen LogP contribution in [0.5, 0.6) is 0 Å². The van der Waals surface area contributed by atoms with Gasteiger partial charge in [0, 0.05) is 22.4 Å². The van der Waals surface area contributed by atoms with Crippen LogP contribution in [0, 0.1) is 6.92 Å². The molecule has 4 aromatic rings. The molecule has 208 valence electrons. The van der Waals surface area contributed by atoms with E-state index in [4.69, 9.17) is 25.5 Å². The first-order valence-corrected chi connectivity index (χ1v) is 13.4. The van der Waals surface area contributed by atoms with E-state index in [1.165, 1.54) is 0 Å². The number of furan rings is 1. The van der Waals surface area contributed by atoms with Gasteiger partial charge in [-0.15, -0.1) is 0 Å². The minimum atomic E-state index is -1.08. The normalized spacial score (nSPS) is 12.1. The van der Waals surface area contributed by atoms with Gasteiger partial charge in [-0.2, -0.15) is 0 Å². The van der Waals surface area contributed by atoms with Gasteiger partial charge in [0.15, 0.2) is 5.76 Å². The number of hydrogen-bond acceptors (Lipinski definition) is 6. The van der Waals surface area contributed by atoms with E-state index >= 15 is 0 Å². The molecule has 0 fully saturated rings. The van der Waals surface area contributed by atoms with E-state index in [2.05, 4.69) is 5.32 Å². The first-order chi connectivity index (χ1) is 19.0. The van der Waals surface area contributed by atoms with E-state index in [-0.39, 0.29) is 25.2 Å². The second kappa shape index (κ2) is 12.4. The summed E-state index contributed by atoms with van der Waals surface area (Å²) in [6.07, 6.45) is -0.0745. The molecule has 0 aliphatic heterocycles. The van der Waals surface area contributed by atoms with Gasteiger partial charge < -0.3 is 19.2 Å². The molecule has 7 nitrogen and oxygen atoms in total. The zero-order chi connectivity index (χ0) is 28.9. The second-order valence-electron chi connectivity index (χ2n) is 10.5. The van der Waals surface area contributed by atoms with Gasteiger partial charge in [0.25, 0.3) is 5.91 Å². The highest BCUT2D eigenvalue weighted by Gasteiger charge is 2.29. The summed E-state index contributed by atoms with van der Waals surface area (Å²) in [6, 6.07) is 21.3. The molecule has 1 aromatic heterocycles. The van der Waals surface area contributed by atoms with Crippen molar-refractivity contribution in [3.8, 4) is 11.1 Å². The number of aryl methyl sites for hydroxylation is 1. The number of halogens is 1. The summed E-state index contributed by atoms with van der Waals surface area (Å²) in [4.78, 5) is 38.7. The van der Waals surface area contributed by atoms with Gasteiger partial charge in [-0.3, -0.25) is 9.59 Å². The molecular weight excluding hydrogens is 530 g/mol. The predicted octanol–water partition coefficient (Wildman–Crippen LogP) is 7.03. The lowest BCUT2D eigenvalue weighted by atomic mass is 10.0. The maximum atomic E-state index is 13.3. The summed E-state index contributed by atoms with van der Waals surface area (Å²) in [7, 11) is 0. The molecule has 1 heterocycles. The maximum Gasteiger partial charge on any atom is 0.329 e. The fourth-order valence-corrected chi connectivity index (χ4v) is 4.31. The van der Waals surface area contributed by atoms with Gasteiger partial charge in [0.2, 0.25) is 0 Å². The molecule has 3 aromatic carbocycles. The van der Waals surface area contributed by atoms with Crippen LogP contribution in [0.2, 0.25) is 5.02 Å². The Morgan fingerprint density at radius 3 is 2.30 bits per heavy atom. The van der Waals surface area contributed by atoms with Crippen LogP contribution in [-0.4, -0.2) is 29.5 Å². The van der Waals surface area contributed by atoms with Gasteiger partial charge in [0.05, 0.1) is 0 Å². The second-order valence-corrected chi connectivity index (χ2v) is 11.0. The molecule has 0 saturated heterocycles. The predicted molar refractivity (Wildman–Crippen MR) is 154 cm³/mol. The summed E-state index contributed by atoms with van der Waals surface area (Å²) in [5, 5.41) is 4.13. The Hall–Kier alpha value is -4.10. The number of amides is 1. The van der Waals surface area contributed by atoms with Crippen LogP contribution < -0.4 is 5.32 Å². The molecule has 0 bridgehead atoms. The van der Waals surface area contributed by atoms with E-state index in [0.717, 1.165) is 22.1 Å². The zero-order valence-electron chi connectivity index (χ0n) is 23.0. The maximum absolute atomic E-state index is 13.3. The average molecular weight is 562 g/mol. The Labute approximate surface area is 238 Å². The highest BCUT2D eigenvalue weighted by Crippen LogP contribution is 2.30. The standard InChI is InChI=1S/C32H32ClNO6/c1-20-25-15-12-23(22-10-13-24(33)14-11-22)18-27(25)39-29(20)30(36)34-26(31(37)40-32(2,3)4)16-17-28(35)38-19-21-8-6-5-7-9-21/h5-15,18,26H,16-17,19H2,1-4H3,(H,34,36)/t26-/m0/s1. The van der Waals surface area contributed by atoms with E-state index in [1.807, 2.05) is 72.8 Å². The molecule has 0 spiro atoms. The highest BCUT2D eigenvalue weighted by atomic mass is 35.5. The summed E-state index contributed by atoms with van der Waals surface area (Å²) in [5.41, 5.74) is 3.11. The molecule has 0 aliphatic rings. The molecule has 0 saturated carbocycles. The van der Waals surface area contributed by atoms with Gasteiger partial charge >= 0.3 is 11.9 Å². The SMILES string of the molecule is Cc1c(C(=O)N[C@@H](CCC(=O)OCc2ccccc2)C(=O)OC(C)(C)C)oc2cc(-c3ccc(Cl)cc3)ccc12. The third kappa shape index (κ3) is 7.51. The lowest BCUT2D eigenvalue weighted by Gasteiger charge is -2.24. The number of rotatable bonds is 9. The van der Waals surface area contributed by atoms with Crippen molar-refractivity contribution in [3.63, 3.8) is 0 Å². The van der Waals surface area contributed by atoms with Gasteiger partial charge in [0.1, 0.15) is 23.8 Å². The summed E-state index contributed by atoms with van der Waals surface area (Å²) in [6.45, 7) is 7.12. The van der Waals surface area contributed by atoms with Crippen LogP contribution in [0.1, 0.15) is 55.3 Å². The zero-order valence-corrected chi connectivity index (χ0v) is 23.7. The monoisotopic (exact) mass is 561 g/mol. The number of esters is 2.